The van der Waals surface area contributed by atoms with Crippen molar-refractivity contribution in [3.8, 4) is 11.5 Å². The quantitative estimate of drug-likeness (QED) is 0.545. The number of phenolic OH excluding ortho intramolecular Hbond substituents is 1. The van der Waals surface area contributed by atoms with Crippen LogP contribution >= 0.6 is 0 Å². The van der Waals surface area contributed by atoms with Crippen molar-refractivity contribution in [2.45, 2.75) is 39.7 Å². The molecular weight excluding hydrogens is 374 g/mol. The number of anilines is 1. The second kappa shape index (κ2) is 8.72. The molecule has 0 saturated carbocycles. The van der Waals surface area contributed by atoms with E-state index in [1.54, 1.807) is 0 Å². The van der Waals surface area contributed by atoms with Gasteiger partial charge in [0.05, 0.1) is 25.2 Å². The Morgan fingerprint density at radius 1 is 1.34 bits per heavy atom. The molecule has 8 nitrogen and oxygen atoms in total. The van der Waals surface area contributed by atoms with Gasteiger partial charge in [0.2, 0.25) is 5.91 Å². The Morgan fingerprint density at radius 2 is 2.07 bits per heavy atom. The first-order valence-electron chi connectivity index (χ1n) is 9.21. The van der Waals surface area contributed by atoms with Gasteiger partial charge in [-0.2, -0.15) is 0 Å². The lowest BCUT2D eigenvalue weighted by Gasteiger charge is -2.15. The maximum atomic E-state index is 12.0. The Hall–Kier alpha value is -3.42. The molecule has 0 radical (unpaired) electrons. The fraction of sp³-hybridized carbons (Fsp3) is 0.333. The van der Waals surface area contributed by atoms with Gasteiger partial charge in [-0.15, -0.1) is 0 Å². The number of aromatic hydroxyl groups is 1. The van der Waals surface area contributed by atoms with Gasteiger partial charge in [0.25, 0.3) is 0 Å². The molecule has 0 atom stereocenters. The van der Waals surface area contributed by atoms with E-state index in [1.807, 2.05) is 19.9 Å². The Balaban J connectivity index is 1.69. The van der Waals surface area contributed by atoms with Crippen LogP contribution in [0.25, 0.3) is 0 Å². The Kier molecular flexibility index (Phi) is 6.11. The van der Waals surface area contributed by atoms with Crippen molar-refractivity contribution >= 4 is 17.6 Å². The molecule has 0 spiro atoms. The second-order valence-corrected chi connectivity index (χ2v) is 6.85. The average Bonchev–Trinajstić information content (AvgIpc) is 3.11. The maximum Gasteiger partial charge on any atom is 0.342 e. The number of phenols is 1. The van der Waals surface area contributed by atoms with Crippen molar-refractivity contribution in [2.24, 2.45) is 0 Å². The third-order valence-corrected chi connectivity index (χ3v) is 4.89. The molecule has 2 aromatic rings. The topological polar surface area (TPSA) is 111 Å². The molecule has 0 bridgehead atoms. The van der Waals surface area contributed by atoms with Gasteiger partial charge >= 0.3 is 5.97 Å². The van der Waals surface area contributed by atoms with E-state index in [4.69, 9.17) is 9.47 Å². The number of nitrogens with one attached hydrogen (secondary N) is 1. The summed E-state index contributed by atoms with van der Waals surface area (Å²) in [5.41, 5.74) is 3.73. The summed E-state index contributed by atoms with van der Waals surface area (Å²) in [4.78, 5) is 31.7. The minimum absolute atomic E-state index is 0.101. The summed E-state index contributed by atoms with van der Waals surface area (Å²) in [6.45, 7) is 3.90. The van der Waals surface area contributed by atoms with Crippen LogP contribution in [0.4, 0.5) is 5.69 Å². The molecule has 1 aliphatic rings. The first kappa shape index (κ1) is 20.3. The molecule has 1 aromatic heterocycles. The van der Waals surface area contributed by atoms with Crippen LogP contribution in [0, 0.1) is 6.92 Å². The first-order chi connectivity index (χ1) is 13.9. The summed E-state index contributed by atoms with van der Waals surface area (Å²) in [6, 6.07) is 0. The van der Waals surface area contributed by atoms with Crippen LogP contribution in [-0.2, 0) is 22.6 Å². The SMILES string of the molecule is COc1c(C)c2c(c(O)c1CC=C(C)CCC(=O)Nc1cncnc1)C(=O)OC2. The van der Waals surface area contributed by atoms with Gasteiger partial charge in [0.1, 0.15) is 30.0 Å². The van der Waals surface area contributed by atoms with Crippen molar-refractivity contribution in [2.75, 3.05) is 12.4 Å². The minimum atomic E-state index is -0.522. The summed E-state index contributed by atoms with van der Waals surface area (Å²) >= 11 is 0. The molecule has 1 aliphatic heterocycles. The zero-order valence-corrected chi connectivity index (χ0v) is 16.6. The predicted octanol–water partition coefficient (Wildman–Crippen LogP) is 3.08. The maximum absolute atomic E-state index is 12.0. The number of hydrogen-bond acceptors (Lipinski definition) is 7. The highest BCUT2D eigenvalue weighted by Crippen LogP contribution is 2.42. The highest BCUT2D eigenvalue weighted by atomic mass is 16.5. The number of ether oxygens (including phenoxy) is 2. The van der Waals surface area contributed by atoms with Gasteiger partial charge in [-0.1, -0.05) is 11.6 Å². The molecule has 1 aromatic carbocycles. The summed E-state index contributed by atoms with van der Waals surface area (Å²) in [6.07, 6.45) is 7.60. The van der Waals surface area contributed by atoms with Gasteiger partial charge in [-0.05, 0) is 32.3 Å². The number of rotatable bonds is 7. The van der Waals surface area contributed by atoms with Crippen molar-refractivity contribution < 1.29 is 24.2 Å². The van der Waals surface area contributed by atoms with E-state index in [2.05, 4.69) is 15.3 Å². The first-order valence-corrected chi connectivity index (χ1v) is 9.21. The van der Waals surface area contributed by atoms with Gasteiger partial charge in [-0.3, -0.25) is 4.79 Å². The highest BCUT2D eigenvalue weighted by molar-refractivity contribution is 5.98. The van der Waals surface area contributed by atoms with Crippen LogP contribution in [-0.4, -0.2) is 34.1 Å². The number of amides is 1. The lowest BCUT2D eigenvalue weighted by Crippen LogP contribution is -2.11. The van der Waals surface area contributed by atoms with Crippen LogP contribution in [0.15, 0.2) is 30.4 Å². The Labute approximate surface area is 168 Å². The standard InChI is InChI=1S/C21H23N3O5/c1-12(5-7-17(25)24-14-8-22-11-23-9-14)4-6-15-19(26)18-16(10-29-21(18)27)13(2)20(15)28-3/h4,8-9,11,26H,5-7,10H2,1-3H3,(H,24,25). The number of benzene rings is 1. The van der Waals surface area contributed by atoms with E-state index in [0.29, 0.717) is 41.8 Å². The van der Waals surface area contributed by atoms with Crippen LogP contribution in [0.1, 0.15) is 46.8 Å². The van der Waals surface area contributed by atoms with E-state index in [0.717, 1.165) is 11.1 Å². The Morgan fingerprint density at radius 3 is 2.76 bits per heavy atom. The van der Waals surface area contributed by atoms with E-state index in [-0.39, 0.29) is 23.8 Å². The van der Waals surface area contributed by atoms with Crippen LogP contribution in [0.2, 0.25) is 0 Å². The van der Waals surface area contributed by atoms with Gasteiger partial charge < -0.3 is 19.9 Å². The van der Waals surface area contributed by atoms with Gasteiger partial charge in [0, 0.05) is 17.5 Å². The summed E-state index contributed by atoms with van der Waals surface area (Å²) < 4.78 is 10.5. The predicted molar refractivity (Wildman–Crippen MR) is 106 cm³/mol. The smallest absolute Gasteiger partial charge is 0.342 e. The van der Waals surface area contributed by atoms with E-state index < -0.39 is 5.97 Å². The summed E-state index contributed by atoms with van der Waals surface area (Å²) in [5.74, 6) is -0.211. The highest BCUT2D eigenvalue weighted by Gasteiger charge is 2.31. The van der Waals surface area contributed by atoms with E-state index >= 15 is 0 Å². The molecule has 8 heteroatoms. The lowest BCUT2D eigenvalue weighted by molar-refractivity contribution is -0.116. The molecule has 0 aliphatic carbocycles. The summed E-state index contributed by atoms with van der Waals surface area (Å²) in [5, 5.41) is 13.4. The third-order valence-electron chi connectivity index (χ3n) is 4.89. The number of esters is 1. The number of aromatic nitrogens is 2. The second-order valence-electron chi connectivity index (χ2n) is 6.85. The largest absolute Gasteiger partial charge is 0.507 e. The van der Waals surface area contributed by atoms with Crippen molar-refractivity contribution in [3.63, 3.8) is 0 Å². The number of allylic oxidation sites excluding steroid dienone is 2. The van der Waals surface area contributed by atoms with Crippen LogP contribution in [0.5, 0.6) is 11.5 Å². The summed E-state index contributed by atoms with van der Waals surface area (Å²) in [7, 11) is 1.53. The van der Waals surface area contributed by atoms with Gasteiger partial charge in [0.15, 0.2) is 0 Å². The number of methoxy groups -OCH3 is 1. The van der Waals surface area contributed by atoms with E-state index in [1.165, 1.54) is 25.8 Å². The molecule has 0 unspecified atom stereocenters. The fourth-order valence-corrected chi connectivity index (χ4v) is 3.30. The molecule has 2 heterocycles. The molecule has 29 heavy (non-hydrogen) atoms. The number of carbonyl (C=O) groups is 2. The number of carbonyl (C=O) groups excluding carboxylic acids is 2. The fourth-order valence-electron chi connectivity index (χ4n) is 3.30. The lowest BCUT2D eigenvalue weighted by atomic mass is 9.94. The van der Waals surface area contributed by atoms with Crippen molar-refractivity contribution in [3.05, 3.63) is 52.6 Å². The number of fused-ring (bicyclic) bond motifs is 1. The van der Waals surface area contributed by atoms with Crippen molar-refractivity contribution in [1.82, 2.24) is 9.97 Å². The zero-order chi connectivity index (χ0) is 21.0. The average molecular weight is 397 g/mol. The van der Waals surface area contributed by atoms with Gasteiger partial charge in [-0.25, -0.2) is 14.8 Å². The van der Waals surface area contributed by atoms with Crippen molar-refractivity contribution in [1.29, 1.82) is 0 Å². The normalized spacial score (nSPS) is 13.1. The minimum Gasteiger partial charge on any atom is -0.507 e. The molecule has 0 fully saturated rings. The number of nitrogens with zero attached hydrogens (tertiary/aromatic N) is 2. The number of hydrogen-bond donors (Lipinski definition) is 2. The van der Waals surface area contributed by atoms with E-state index in [9.17, 15) is 14.7 Å². The zero-order valence-electron chi connectivity index (χ0n) is 16.6. The number of cyclic esters (lactones) is 1. The monoisotopic (exact) mass is 397 g/mol. The molecular formula is C21H23N3O5. The van der Waals surface area contributed by atoms with Crippen LogP contribution in [0.3, 0.4) is 0 Å². The molecule has 152 valence electrons. The Bertz CT molecular complexity index is 970. The van der Waals surface area contributed by atoms with Crippen LogP contribution < -0.4 is 10.1 Å². The molecule has 3 rings (SSSR count). The molecule has 2 N–H and O–H groups in total. The third kappa shape index (κ3) is 4.37. The molecule has 0 saturated heterocycles. The molecule has 1 amide bonds.